The number of benzene rings is 1. The molecular formula is C13H11FN2O2S. The van der Waals surface area contributed by atoms with E-state index in [0.717, 1.165) is 0 Å². The molecule has 4 nitrogen and oxygen atoms in total. The van der Waals surface area contributed by atoms with Crippen LogP contribution in [0, 0.1) is 17.7 Å². The van der Waals surface area contributed by atoms with E-state index in [0.29, 0.717) is 17.5 Å². The number of fused-ring (bicyclic) bond motifs is 1. The largest absolute Gasteiger partial charge is 0.389 e. The SMILES string of the molecule is NC(=S)c1cc(F)cc(CN2C(=O)C3CC3C2=O)c1. The van der Waals surface area contributed by atoms with Gasteiger partial charge in [-0.15, -0.1) is 0 Å². The summed E-state index contributed by atoms with van der Waals surface area (Å²) < 4.78 is 13.4. The Morgan fingerprint density at radius 3 is 2.53 bits per heavy atom. The first-order valence-electron chi connectivity index (χ1n) is 5.92. The van der Waals surface area contributed by atoms with Crippen LogP contribution in [0.2, 0.25) is 0 Å². The minimum absolute atomic E-state index is 0.0814. The normalized spacial score (nSPS) is 24.6. The van der Waals surface area contributed by atoms with Crippen molar-refractivity contribution >= 4 is 29.0 Å². The number of likely N-dealkylation sites (tertiary alicyclic amines) is 1. The first-order valence-corrected chi connectivity index (χ1v) is 6.32. The minimum atomic E-state index is -0.482. The van der Waals surface area contributed by atoms with E-state index in [9.17, 15) is 14.0 Å². The molecule has 6 heteroatoms. The number of rotatable bonds is 3. The van der Waals surface area contributed by atoms with Crippen LogP contribution in [0.3, 0.4) is 0 Å². The van der Waals surface area contributed by atoms with Crippen molar-refractivity contribution in [2.75, 3.05) is 0 Å². The van der Waals surface area contributed by atoms with Gasteiger partial charge in [0.15, 0.2) is 0 Å². The van der Waals surface area contributed by atoms with Crippen LogP contribution in [0.25, 0.3) is 0 Å². The molecule has 2 unspecified atom stereocenters. The molecule has 3 rings (SSSR count). The highest BCUT2D eigenvalue weighted by atomic mass is 32.1. The average Bonchev–Trinajstić information content (AvgIpc) is 3.09. The Morgan fingerprint density at radius 1 is 1.32 bits per heavy atom. The maximum absolute atomic E-state index is 13.4. The third kappa shape index (κ3) is 2.02. The molecule has 2 fully saturated rings. The van der Waals surface area contributed by atoms with Gasteiger partial charge in [0.1, 0.15) is 10.8 Å². The number of hydrogen-bond acceptors (Lipinski definition) is 3. The van der Waals surface area contributed by atoms with Crippen molar-refractivity contribution < 1.29 is 14.0 Å². The number of carbonyl (C=O) groups is 2. The topological polar surface area (TPSA) is 63.4 Å². The molecule has 0 bridgehead atoms. The molecule has 98 valence electrons. The van der Waals surface area contributed by atoms with Crippen molar-refractivity contribution in [3.8, 4) is 0 Å². The van der Waals surface area contributed by atoms with Crippen LogP contribution in [-0.2, 0) is 16.1 Å². The fraction of sp³-hybridized carbons (Fsp3) is 0.308. The van der Waals surface area contributed by atoms with E-state index >= 15 is 0 Å². The molecule has 0 radical (unpaired) electrons. The average molecular weight is 278 g/mol. The molecule has 1 aromatic carbocycles. The number of imide groups is 1. The van der Waals surface area contributed by atoms with E-state index in [1.165, 1.54) is 17.0 Å². The lowest BCUT2D eigenvalue weighted by molar-refractivity contribution is -0.142. The lowest BCUT2D eigenvalue weighted by Crippen LogP contribution is -2.32. The molecule has 1 aliphatic heterocycles. The molecule has 19 heavy (non-hydrogen) atoms. The van der Waals surface area contributed by atoms with Gasteiger partial charge in [-0.3, -0.25) is 14.5 Å². The molecule has 1 saturated heterocycles. The number of nitrogens with two attached hydrogens (primary N) is 1. The first-order chi connectivity index (χ1) is 8.97. The van der Waals surface area contributed by atoms with E-state index in [2.05, 4.69) is 0 Å². The lowest BCUT2D eigenvalue weighted by atomic mass is 10.1. The van der Waals surface area contributed by atoms with Crippen LogP contribution in [0.15, 0.2) is 18.2 Å². The highest BCUT2D eigenvalue weighted by molar-refractivity contribution is 7.80. The molecule has 2 aliphatic rings. The van der Waals surface area contributed by atoms with Gasteiger partial charge in [-0.1, -0.05) is 12.2 Å². The molecule has 2 atom stereocenters. The second-order valence-corrected chi connectivity index (χ2v) is 5.36. The van der Waals surface area contributed by atoms with Crippen molar-refractivity contribution in [3.05, 3.63) is 35.1 Å². The Kier molecular flexibility index (Phi) is 2.63. The molecule has 1 saturated carbocycles. The summed E-state index contributed by atoms with van der Waals surface area (Å²) in [4.78, 5) is 24.9. The smallest absolute Gasteiger partial charge is 0.233 e. The van der Waals surface area contributed by atoms with Crippen LogP contribution >= 0.6 is 12.2 Å². The van der Waals surface area contributed by atoms with Crippen LogP contribution in [-0.4, -0.2) is 21.7 Å². The highest BCUT2D eigenvalue weighted by Gasteiger charge is 2.58. The zero-order valence-corrected chi connectivity index (χ0v) is 10.7. The summed E-state index contributed by atoms with van der Waals surface area (Å²) in [5.74, 6) is -1.08. The summed E-state index contributed by atoms with van der Waals surface area (Å²) in [7, 11) is 0. The zero-order chi connectivity index (χ0) is 13.7. The standard InChI is InChI=1S/C13H11FN2O2S/c14-8-2-6(1-7(3-8)11(15)19)5-16-12(17)9-4-10(9)13(16)18/h1-3,9-10H,4-5H2,(H2,15,19). The third-order valence-electron chi connectivity index (χ3n) is 3.54. The second kappa shape index (κ2) is 4.09. The molecule has 2 N–H and O–H groups in total. The van der Waals surface area contributed by atoms with E-state index < -0.39 is 5.82 Å². The van der Waals surface area contributed by atoms with E-state index in [1.54, 1.807) is 6.07 Å². The molecule has 1 aliphatic carbocycles. The Morgan fingerprint density at radius 2 is 1.95 bits per heavy atom. The number of amides is 2. The first kappa shape index (κ1) is 12.2. The summed E-state index contributed by atoms with van der Waals surface area (Å²) in [6, 6.07) is 4.12. The lowest BCUT2D eigenvalue weighted by Gasteiger charge is -2.16. The maximum atomic E-state index is 13.4. The minimum Gasteiger partial charge on any atom is -0.389 e. The number of nitrogens with zero attached hydrogens (tertiary/aromatic N) is 1. The van der Waals surface area contributed by atoms with Gasteiger partial charge >= 0.3 is 0 Å². The van der Waals surface area contributed by atoms with Crippen molar-refractivity contribution in [3.63, 3.8) is 0 Å². The number of piperidine rings is 1. The molecule has 0 aromatic heterocycles. The van der Waals surface area contributed by atoms with Gasteiger partial charge < -0.3 is 5.73 Å². The van der Waals surface area contributed by atoms with Crippen molar-refractivity contribution in [2.45, 2.75) is 13.0 Å². The summed E-state index contributed by atoms with van der Waals surface area (Å²) in [6.45, 7) is 0.0814. The fourth-order valence-electron chi connectivity index (χ4n) is 2.47. The number of carbonyl (C=O) groups excluding carboxylic acids is 2. The van der Waals surface area contributed by atoms with Crippen LogP contribution in [0.4, 0.5) is 4.39 Å². The van der Waals surface area contributed by atoms with E-state index in [1.807, 2.05) is 0 Å². The number of halogens is 1. The predicted molar refractivity (Wildman–Crippen MR) is 69.4 cm³/mol. The number of thiocarbonyl (C=S) groups is 1. The van der Waals surface area contributed by atoms with Gasteiger partial charge in [0.2, 0.25) is 11.8 Å². The van der Waals surface area contributed by atoms with E-state index in [-0.39, 0.29) is 35.2 Å². The van der Waals surface area contributed by atoms with Gasteiger partial charge in [0.25, 0.3) is 0 Å². The maximum Gasteiger partial charge on any atom is 0.233 e. The van der Waals surface area contributed by atoms with Crippen LogP contribution in [0.1, 0.15) is 17.5 Å². The van der Waals surface area contributed by atoms with Crippen molar-refractivity contribution in [1.29, 1.82) is 0 Å². The third-order valence-corrected chi connectivity index (χ3v) is 3.78. The molecular weight excluding hydrogens is 267 g/mol. The Labute approximate surface area is 114 Å². The monoisotopic (exact) mass is 278 g/mol. The summed E-state index contributed by atoms with van der Waals surface area (Å²) >= 11 is 4.80. The van der Waals surface area contributed by atoms with Crippen LogP contribution < -0.4 is 5.73 Å². The quantitative estimate of drug-likeness (QED) is 0.661. The molecule has 1 aromatic rings. The van der Waals surface area contributed by atoms with Gasteiger partial charge in [0.05, 0.1) is 18.4 Å². The van der Waals surface area contributed by atoms with Crippen molar-refractivity contribution in [1.82, 2.24) is 4.90 Å². The highest BCUT2D eigenvalue weighted by Crippen LogP contribution is 2.47. The Hall–Kier alpha value is -1.82. The number of hydrogen-bond donors (Lipinski definition) is 1. The molecule has 0 spiro atoms. The summed E-state index contributed by atoms with van der Waals surface area (Å²) in [6.07, 6.45) is 0.662. The van der Waals surface area contributed by atoms with Gasteiger partial charge in [0, 0.05) is 5.56 Å². The van der Waals surface area contributed by atoms with Gasteiger partial charge in [-0.05, 0) is 30.2 Å². The van der Waals surface area contributed by atoms with Gasteiger partial charge in [-0.25, -0.2) is 4.39 Å². The zero-order valence-electron chi connectivity index (χ0n) is 9.93. The predicted octanol–water partition coefficient (Wildman–Crippen LogP) is 0.965. The van der Waals surface area contributed by atoms with Crippen molar-refractivity contribution in [2.24, 2.45) is 17.6 Å². The van der Waals surface area contributed by atoms with Crippen LogP contribution in [0.5, 0.6) is 0 Å². The fourth-order valence-corrected chi connectivity index (χ4v) is 2.59. The Balaban J connectivity index is 1.86. The second-order valence-electron chi connectivity index (χ2n) is 4.92. The van der Waals surface area contributed by atoms with Gasteiger partial charge in [-0.2, -0.15) is 0 Å². The Bertz CT molecular complexity index is 597. The van der Waals surface area contributed by atoms with E-state index in [4.69, 9.17) is 18.0 Å². The summed E-state index contributed by atoms with van der Waals surface area (Å²) in [5.41, 5.74) is 6.38. The molecule has 2 amide bonds. The summed E-state index contributed by atoms with van der Waals surface area (Å²) in [5, 5.41) is 0. The molecule has 1 heterocycles.